The number of nitrogens with zero attached hydrogens (tertiary/aromatic N) is 4. The van der Waals surface area contributed by atoms with Crippen molar-refractivity contribution in [1.29, 1.82) is 0 Å². The van der Waals surface area contributed by atoms with Crippen LogP contribution in [0.2, 0.25) is 0 Å². The molecule has 1 aromatic heterocycles. The topological polar surface area (TPSA) is 61.4 Å². The summed E-state index contributed by atoms with van der Waals surface area (Å²) in [6.07, 6.45) is 12.8. The van der Waals surface area contributed by atoms with Crippen LogP contribution >= 0.6 is 11.8 Å². The number of likely N-dealkylation sites (N-methyl/N-ethyl adjacent to an activating group) is 1. The van der Waals surface area contributed by atoms with Gasteiger partial charge in [-0.05, 0) is 64.5 Å². The van der Waals surface area contributed by atoms with Gasteiger partial charge in [-0.15, -0.1) is 0 Å². The minimum absolute atomic E-state index is 0.0665. The van der Waals surface area contributed by atoms with Crippen LogP contribution in [0.1, 0.15) is 44.1 Å². The van der Waals surface area contributed by atoms with Crippen molar-refractivity contribution in [2.45, 2.75) is 56.3 Å². The average Bonchev–Trinajstić information content (AvgIpc) is 2.92. The molecule has 1 aromatic rings. The predicted octanol–water partition coefficient (Wildman–Crippen LogP) is 2.40. The third-order valence-corrected chi connectivity index (χ3v) is 6.44. The molecular formula is C20H33N5OS. The number of likely N-dealkylation sites (tertiary alicyclic amines) is 2. The molecule has 3 heterocycles. The lowest BCUT2D eigenvalue weighted by Gasteiger charge is -2.32. The van der Waals surface area contributed by atoms with Crippen LogP contribution in [0.25, 0.3) is 0 Å². The van der Waals surface area contributed by atoms with Crippen molar-refractivity contribution in [3.8, 4) is 0 Å². The standard InChI is InChI=1S/C20H33N5OS/c1-24-9-5-3-4-6-18(24)19(26)21-12-16-7-10-25(11-8-16)15-17-13-22-20(27-2)23-14-17/h13-14,16,18H,3-12,15H2,1-2H3,(H,21,26). The fourth-order valence-electron chi connectivity index (χ4n) is 4.08. The summed E-state index contributed by atoms with van der Waals surface area (Å²) in [6.45, 7) is 4.93. The molecule has 27 heavy (non-hydrogen) atoms. The third kappa shape index (κ3) is 6.16. The minimum Gasteiger partial charge on any atom is -0.354 e. The second kappa shape index (κ2) is 10.4. The Balaban J connectivity index is 1.38. The molecule has 0 aliphatic carbocycles. The van der Waals surface area contributed by atoms with Crippen LogP contribution in [0.4, 0.5) is 0 Å². The molecule has 2 fully saturated rings. The molecule has 1 N–H and O–H groups in total. The van der Waals surface area contributed by atoms with E-state index < -0.39 is 0 Å². The molecule has 0 spiro atoms. The van der Waals surface area contributed by atoms with E-state index in [-0.39, 0.29) is 11.9 Å². The Kier molecular flexibility index (Phi) is 7.91. The van der Waals surface area contributed by atoms with Gasteiger partial charge >= 0.3 is 0 Å². The van der Waals surface area contributed by atoms with E-state index in [2.05, 4.69) is 32.1 Å². The zero-order chi connectivity index (χ0) is 19.1. The van der Waals surface area contributed by atoms with Gasteiger partial charge in [0.1, 0.15) is 0 Å². The van der Waals surface area contributed by atoms with E-state index >= 15 is 0 Å². The van der Waals surface area contributed by atoms with Gasteiger partial charge in [0.25, 0.3) is 0 Å². The second-order valence-corrected chi connectivity index (χ2v) is 8.66. The lowest BCUT2D eigenvalue weighted by atomic mass is 9.96. The first-order valence-corrected chi connectivity index (χ1v) is 11.4. The number of piperidine rings is 1. The Morgan fingerprint density at radius 3 is 2.59 bits per heavy atom. The van der Waals surface area contributed by atoms with Gasteiger partial charge in [-0.1, -0.05) is 24.6 Å². The van der Waals surface area contributed by atoms with Crippen molar-refractivity contribution in [2.24, 2.45) is 5.92 Å². The molecule has 6 nitrogen and oxygen atoms in total. The van der Waals surface area contributed by atoms with Gasteiger partial charge in [0.2, 0.25) is 5.91 Å². The largest absolute Gasteiger partial charge is 0.354 e. The second-order valence-electron chi connectivity index (χ2n) is 7.89. The Hall–Kier alpha value is -1.18. The summed E-state index contributed by atoms with van der Waals surface area (Å²) in [7, 11) is 2.09. The first kappa shape index (κ1) is 20.6. The van der Waals surface area contributed by atoms with Gasteiger partial charge in [-0.2, -0.15) is 0 Å². The van der Waals surface area contributed by atoms with Crippen molar-refractivity contribution in [2.75, 3.05) is 39.5 Å². The van der Waals surface area contributed by atoms with Gasteiger partial charge in [-0.3, -0.25) is 14.6 Å². The number of thioether (sulfide) groups is 1. The first-order valence-electron chi connectivity index (χ1n) is 10.2. The van der Waals surface area contributed by atoms with Gasteiger partial charge in [-0.25, -0.2) is 9.97 Å². The number of carbonyl (C=O) groups excluding carboxylic acids is 1. The first-order chi connectivity index (χ1) is 13.2. The molecule has 7 heteroatoms. The fraction of sp³-hybridized carbons (Fsp3) is 0.750. The maximum absolute atomic E-state index is 12.6. The highest BCUT2D eigenvalue weighted by Crippen LogP contribution is 2.19. The van der Waals surface area contributed by atoms with E-state index in [9.17, 15) is 4.79 Å². The highest BCUT2D eigenvalue weighted by atomic mass is 32.2. The number of nitrogens with one attached hydrogen (secondary N) is 1. The van der Waals surface area contributed by atoms with E-state index in [1.807, 2.05) is 18.6 Å². The van der Waals surface area contributed by atoms with Crippen LogP contribution in [-0.2, 0) is 11.3 Å². The molecule has 2 saturated heterocycles. The van der Waals surface area contributed by atoms with Gasteiger partial charge in [0, 0.05) is 31.0 Å². The summed E-state index contributed by atoms with van der Waals surface area (Å²) in [5.74, 6) is 0.823. The normalized spacial score (nSPS) is 23.1. The monoisotopic (exact) mass is 391 g/mol. The zero-order valence-corrected chi connectivity index (χ0v) is 17.5. The molecule has 0 saturated carbocycles. The molecule has 1 unspecified atom stereocenters. The molecule has 3 rings (SSSR count). The lowest BCUT2D eigenvalue weighted by Crippen LogP contribution is -2.47. The Morgan fingerprint density at radius 1 is 1.15 bits per heavy atom. The molecule has 2 aliphatic heterocycles. The van der Waals surface area contributed by atoms with Gasteiger partial charge < -0.3 is 5.32 Å². The number of rotatable bonds is 6. The highest BCUT2D eigenvalue weighted by molar-refractivity contribution is 7.98. The van der Waals surface area contributed by atoms with E-state index in [4.69, 9.17) is 0 Å². The van der Waals surface area contributed by atoms with Gasteiger partial charge in [0.15, 0.2) is 5.16 Å². The van der Waals surface area contributed by atoms with Crippen molar-refractivity contribution < 1.29 is 4.79 Å². The minimum atomic E-state index is 0.0665. The van der Waals surface area contributed by atoms with Crippen molar-refractivity contribution in [1.82, 2.24) is 25.1 Å². The van der Waals surface area contributed by atoms with Crippen LogP contribution in [0.3, 0.4) is 0 Å². The van der Waals surface area contributed by atoms with E-state index in [1.54, 1.807) is 11.8 Å². The number of aromatic nitrogens is 2. The molecule has 0 bridgehead atoms. The van der Waals surface area contributed by atoms with Crippen LogP contribution in [-0.4, -0.2) is 71.2 Å². The van der Waals surface area contributed by atoms with E-state index in [0.29, 0.717) is 5.92 Å². The lowest BCUT2D eigenvalue weighted by molar-refractivity contribution is -0.126. The SMILES string of the molecule is CSc1ncc(CN2CCC(CNC(=O)C3CCCCCN3C)CC2)cn1. The smallest absolute Gasteiger partial charge is 0.237 e. The van der Waals surface area contributed by atoms with E-state index in [1.165, 1.54) is 24.8 Å². The summed E-state index contributed by atoms with van der Waals surface area (Å²) in [5.41, 5.74) is 1.18. The maximum atomic E-state index is 12.6. The van der Waals surface area contributed by atoms with Crippen LogP contribution in [0.15, 0.2) is 17.6 Å². The molecule has 2 aliphatic rings. The van der Waals surface area contributed by atoms with Crippen LogP contribution < -0.4 is 5.32 Å². The molecule has 0 aromatic carbocycles. The fourth-order valence-corrected chi connectivity index (χ4v) is 4.40. The summed E-state index contributed by atoms with van der Waals surface area (Å²) < 4.78 is 0. The van der Waals surface area contributed by atoms with Crippen molar-refractivity contribution >= 4 is 17.7 Å². The summed E-state index contributed by atoms with van der Waals surface area (Å²) in [6, 6.07) is 0.0665. The number of hydrogen-bond donors (Lipinski definition) is 1. The van der Waals surface area contributed by atoms with Crippen molar-refractivity contribution in [3.05, 3.63) is 18.0 Å². The average molecular weight is 392 g/mol. The molecule has 1 amide bonds. The third-order valence-electron chi connectivity index (χ3n) is 5.87. The maximum Gasteiger partial charge on any atom is 0.237 e. The number of hydrogen-bond acceptors (Lipinski definition) is 6. The number of amides is 1. The molecule has 150 valence electrons. The Labute approximate surface area is 167 Å². The van der Waals surface area contributed by atoms with Gasteiger partial charge in [0.05, 0.1) is 6.04 Å². The summed E-state index contributed by atoms with van der Waals surface area (Å²) in [5, 5.41) is 4.06. The quantitative estimate of drug-likeness (QED) is 0.594. The molecule has 0 radical (unpaired) electrons. The summed E-state index contributed by atoms with van der Waals surface area (Å²) in [4.78, 5) is 26.0. The zero-order valence-electron chi connectivity index (χ0n) is 16.7. The molecule has 1 atom stereocenters. The van der Waals surface area contributed by atoms with Crippen LogP contribution in [0, 0.1) is 5.92 Å². The Bertz CT molecular complexity index is 589. The molecular weight excluding hydrogens is 358 g/mol. The van der Waals surface area contributed by atoms with E-state index in [0.717, 1.165) is 57.1 Å². The predicted molar refractivity (Wildman–Crippen MR) is 110 cm³/mol. The number of carbonyl (C=O) groups is 1. The Morgan fingerprint density at radius 2 is 1.89 bits per heavy atom. The summed E-state index contributed by atoms with van der Waals surface area (Å²) >= 11 is 1.57. The van der Waals surface area contributed by atoms with Crippen molar-refractivity contribution in [3.63, 3.8) is 0 Å². The van der Waals surface area contributed by atoms with Crippen LogP contribution in [0.5, 0.6) is 0 Å². The highest BCUT2D eigenvalue weighted by Gasteiger charge is 2.26.